The van der Waals surface area contributed by atoms with Crippen molar-refractivity contribution in [2.75, 3.05) is 5.73 Å². The van der Waals surface area contributed by atoms with Crippen molar-refractivity contribution in [3.63, 3.8) is 0 Å². The predicted molar refractivity (Wildman–Crippen MR) is 83.1 cm³/mol. The van der Waals surface area contributed by atoms with Crippen LogP contribution in [0.25, 0.3) is 17.2 Å². The third-order valence-corrected chi connectivity index (χ3v) is 3.27. The fraction of sp³-hybridized carbons (Fsp3) is 0.188. The summed E-state index contributed by atoms with van der Waals surface area (Å²) in [5, 5.41) is 0. The highest BCUT2D eigenvalue weighted by Crippen LogP contribution is 2.22. The van der Waals surface area contributed by atoms with E-state index in [2.05, 4.69) is 21.9 Å². The molecule has 0 bridgehead atoms. The van der Waals surface area contributed by atoms with Gasteiger partial charge >= 0.3 is 0 Å². The molecule has 2 N–H and O–H groups in total. The summed E-state index contributed by atoms with van der Waals surface area (Å²) in [5.74, 6) is 2.41. The van der Waals surface area contributed by atoms with Crippen LogP contribution in [0.4, 0.5) is 5.69 Å². The summed E-state index contributed by atoms with van der Waals surface area (Å²) in [7, 11) is 0. The van der Waals surface area contributed by atoms with Crippen LogP contribution in [0.5, 0.6) is 0 Å². The average molecular weight is 279 g/mol. The Hall–Kier alpha value is -2.69. The van der Waals surface area contributed by atoms with E-state index in [-0.39, 0.29) is 0 Å². The first-order valence-electron chi connectivity index (χ1n) is 6.91. The smallest absolute Gasteiger partial charge is 0.145 e. The van der Waals surface area contributed by atoms with Crippen LogP contribution in [0.2, 0.25) is 0 Å². The van der Waals surface area contributed by atoms with E-state index in [1.54, 1.807) is 6.20 Å². The second-order valence-corrected chi connectivity index (χ2v) is 4.86. The Morgan fingerprint density at radius 1 is 1.19 bits per heavy atom. The van der Waals surface area contributed by atoms with E-state index in [4.69, 9.17) is 5.73 Å². The van der Waals surface area contributed by atoms with E-state index in [9.17, 15) is 0 Å². The van der Waals surface area contributed by atoms with E-state index < -0.39 is 0 Å². The molecule has 2 heterocycles. The zero-order chi connectivity index (χ0) is 14.8. The number of benzene rings is 1. The number of nitrogens with two attached hydrogens (primary N) is 1. The normalized spacial score (nSPS) is 10.8. The van der Waals surface area contributed by atoms with Crippen molar-refractivity contribution in [2.24, 2.45) is 0 Å². The van der Waals surface area contributed by atoms with Gasteiger partial charge in [-0.05, 0) is 25.5 Å². The molecule has 0 aliphatic rings. The van der Waals surface area contributed by atoms with E-state index in [0.29, 0.717) is 0 Å². The van der Waals surface area contributed by atoms with Crippen molar-refractivity contribution in [2.45, 2.75) is 20.3 Å². The maximum atomic E-state index is 5.86. The number of nitrogens with zero attached hydrogens (tertiary/aromatic N) is 4. The molecular weight excluding hydrogens is 262 g/mol. The zero-order valence-corrected chi connectivity index (χ0v) is 12.1. The number of rotatable bonds is 3. The Bertz CT molecular complexity index is 776. The van der Waals surface area contributed by atoms with Gasteiger partial charge in [-0.3, -0.25) is 4.57 Å². The van der Waals surface area contributed by atoms with Crippen LogP contribution in [0.15, 0.2) is 42.7 Å². The quantitative estimate of drug-likeness (QED) is 0.748. The standard InChI is InChI=1S/C16H17N5/c1-3-14-10-15(20-11(2)19-14)21-8-7-18-16(21)12-5-4-6-13(17)9-12/h4-10H,3,17H2,1-2H3. The zero-order valence-electron chi connectivity index (χ0n) is 12.1. The van der Waals surface area contributed by atoms with E-state index >= 15 is 0 Å². The lowest BCUT2D eigenvalue weighted by Gasteiger charge is -2.09. The fourth-order valence-corrected chi connectivity index (χ4v) is 2.30. The molecule has 21 heavy (non-hydrogen) atoms. The Morgan fingerprint density at radius 3 is 2.81 bits per heavy atom. The Balaban J connectivity index is 2.13. The highest BCUT2D eigenvalue weighted by Gasteiger charge is 2.10. The van der Waals surface area contributed by atoms with Gasteiger partial charge in [0.25, 0.3) is 0 Å². The lowest BCUT2D eigenvalue weighted by molar-refractivity contribution is 0.896. The second kappa shape index (κ2) is 5.36. The number of nitrogen functional groups attached to an aromatic ring is 1. The van der Waals surface area contributed by atoms with Gasteiger partial charge in [-0.15, -0.1) is 0 Å². The van der Waals surface area contributed by atoms with Crippen LogP contribution in [0.3, 0.4) is 0 Å². The van der Waals surface area contributed by atoms with Crippen molar-refractivity contribution in [1.29, 1.82) is 0 Å². The minimum atomic E-state index is 0.718. The maximum Gasteiger partial charge on any atom is 0.145 e. The van der Waals surface area contributed by atoms with Crippen LogP contribution in [-0.4, -0.2) is 19.5 Å². The van der Waals surface area contributed by atoms with Gasteiger partial charge in [-0.2, -0.15) is 0 Å². The summed E-state index contributed by atoms with van der Waals surface area (Å²) in [6.07, 6.45) is 4.54. The average Bonchev–Trinajstić information content (AvgIpc) is 2.96. The van der Waals surface area contributed by atoms with Crippen molar-refractivity contribution in [3.8, 4) is 17.2 Å². The Labute approximate surface area is 123 Å². The van der Waals surface area contributed by atoms with Crippen molar-refractivity contribution in [1.82, 2.24) is 19.5 Å². The lowest BCUT2D eigenvalue weighted by Crippen LogP contribution is -2.04. The molecule has 0 radical (unpaired) electrons. The third-order valence-electron chi connectivity index (χ3n) is 3.27. The first kappa shape index (κ1) is 13.3. The molecule has 0 saturated heterocycles. The number of hydrogen-bond donors (Lipinski definition) is 1. The molecule has 0 spiro atoms. The van der Waals surface area contributed by atoms with Crippen LogP contribution in [0, 0.1) is 6.92 Å². The minimum Gasteiger partial charge on any atom is -0.399 e. The van der Waals surface area contributed by atoms with Gasteiger partial charge in [0.05, 0.1) is 0 Å². The van der Waals surface area contributed by atoms with Gasteiger partial charge in [0.15, 0.2) is 0 Å². The molecule has 106 valence electrons. The molecule has 0 saturated carbocycles. The lowest BCUT2D eigenvalue weighted by atomic mass is 10.2. The molecule has 3 aromatic rings. The van der Waals surface area contributed by atoms with Gasteiger partial charge in [0.1, 0.15) is 17.5 Å². The predicted octanol–water partition coefficient (Wildman–Crippen LogP) is 2.78. The van der Waals surface area contributed by atoms with Crippen molar-refractivity contribution in [3.05, 3.63) is 54.2 Å². The van der Waals surface area contributed by atoms with Gasteiger partial charge in [-0.1, -0.05) is 19.1 Å². The number of aryl methyl sites for hydroxylation is 2. The molecule has 5 nitrogen and oxygen atoms in total. The Kier molecular flexibility index (Phi) is 3.39. The maximum absolute atomic E-state index is 5.86. The number of imidazole rings is 1. The van der Waals surface area contributed by atoms with Crippen molar-refractivity contribution >= 4 is 5.69 Å². The van der Waals surface area contributed by atoms with Gasteiger partial charge < -0.3 is 5.73 Å². The summed E-state index contributed by atoms with van der Waals surface area (Å²) < 4.78 is 1.96. The first-order chi connectivity index (χ1) is 10.2. The fourth-order valence-electron chi connectivity index (χ4n) is 2.30. The van der Waals surface area contributed by atoms with Crippen LogP contribution in [0.1, 0.15) is 18.4 Å². The SMILES string of the molecule is CCc1cc(-n2ccnc2-c2cccc(N)c2)nc(C)n1. The van der Waals surface area contributed by atoms with Crippen molar-refractivity contribution < 1.29 is 0 Å². The molecule has 0 amide bonds. The summed E-state index contributed by atoms with van der Waals surface area (Å²) in [4.78, 5) is 13.4. The molecule has 2 aromatic heterocycles. The summed E-state index contributed by atoms with van der Waals surface area (Å²) in [5.41, 5.74) is 8.56. The van der Waals surface area contributed by atoms with Crippen LogP contribution >= 0.6 is 0 Å². The molecular formula is C16H17N5. The Morgan fingerprint density at radius 2 is 2.05 bits per heavy atom. The third kappa shape index (κ3) is 2.63. The van der Waals surface area contributed by atoms with Crippen LogP contribution < -0.4 is 5.73 Å². The van der Waals surface area contributed by atoms with E-state index in [1.165, 1.54) is 0 Å². The molecule has 0 unspecified atom stereocenters. The monoisotopic (exact) mass is 279 g/mol. The number of aromatic nitrogens is 4. The molecule has 3 rings (SSSR count). The summed E-state index contributed by atoms with van der Waals surface area (Å²) >= 11 is 0. The molecule has 0 atom stereocenters. The van der Waals surface area contributed by atoms with Gasteiger partial charge in [0.2, 0.25) is 0 Å². The number of hydrogen-bond acceptors (Lipinski definition) is 4. The van der Waals surface area contributed by atoms with Crippen LogP contribution in [-0.2, 0) is 6.42 Å². The molecule has 0 fully saturated rings. The largest absolute Gasteiger partial charge is 0.399 e. The highest BCUT2D eigenvalue weighted by atomic mass is 15.1. The minimum absolute atomic E-state index is 0.718. The van der Waals surface area contributed by atoms with Gasteiger partial charge in [-0.25, -0.2) is 15.0 Å². The topological polar surface area (TPSA) is 69.6 Å². The number of anilines is 1. The molecule has 5 heteroatoms. The molecule has 0 aliphatic heterocycles. The van der Waals surface area contributed by atoms with Gasteiger partial charge in [0, 0.05) is 35.4 Å². The first-order valence-corrected chi connectivity index (χ1v) is 6.91. The molecule has 0 aliphatic carbocycles. The molecule has 1 aromatic carbocycles. The summed E-state index contributed by atoms with van der Waals surface area (Å²) in [6.45, 7) is 3.98. The van der Waals surface area contributed by atoms with E-state index in [0.717, 1.165) is 40.8 Å². The van der Waals surface area contributed by atoms with E-state index in [1.807, 2.05) is 48.0 Å². The highest BCUT2D eigenvalue weighted by molar-refractivity contribution is 5.63. The summed E-state index contributed by atoms with van der Waals surface area (Å²) in [6, 6.07) is 9.68. The second-order valence-electron chi connectivity index (χ2n) is 4.86.